The molecule has 2 aromatic heterocycles. The normalized spacial score (nSPS) is 14.9. The predicted molar refractivity (Wildman–Crippen MR) is 97.2 cm³/mol. The molecule has 1 saturated heterocycles. The van der Waals surface area contributed by atoms with Crippen molar-refractivity contribution in [3.8, 4) is 11.1 Å². The Bertz CT molecular complexity index is 1050. The second-order valence-electron chi connectivity index (χ2n) is 6.53. The number of amides is 1. The van der Waals surface area contributed by atoms with Crippen LogP contribution < -0.4 is 0 Å². The number of hydrogen-bond donors (Lipinski definition) is 1. The van der Waals surface area contributed by atoms with Gasteiger partial charge in [0, 0.05) is 19.3 Å². The number of halogens is 1. The molecule has 1 N–H and O–H groups in total. The first-order chi connectivity index (χ1) is 12.9. The van der Waals surface area contributed by atoms with Crippen molar-refractivity contribution in [2.24, 2.45) is 0 Å². The van der Waals surface area contributed by atoms with Crippen molar-refractivity contribution in [1.29, 1.82) is 0 Å². The lowest BCUT2D eigenvalue weighted by atomic mass is 10.1. The Morgan fingerprint density at radius 1 is 1.19 bits per heavy atom. The number of carbonyl (C=O) groups excluding carboxylic acids is 1. The number of H-pyrrole nitrogens is 1. The lowest BCUT2D eigenvalue weighted by Crippen LogP contribution is -2.57. The molecule has 3 aromatic rings. The van der Waals surface area contributed by atoms with Crippen molar-refractivity contribution < 1.29 is 22.0 Å². The molecule has 0 spiro atoms. The molecule has 3 heterocycles. The zero-order valence-corrected chi connectivity index (χ0v) is 15.1. The highest BCUT2D eigenvalue weighted by molar-refractivity contribution is 7.91. The van der Waals surface area contributed by atoms with Crippen LogP contribution in [0.15, 0.2) is 59.3 Å². The van der Waals surface area contributed by atoms with Gasteiger partial charge in [-0.3, -0.25) is 4.79 Å². The summed E-state index contributed by atoms with van der Waals surface area (Å²) in [4.78, 5) is 16.9. The third kappa shape index (κ3) is 3.52. The minimum Gasteiger partial charge on any atom is -0.468 e. The molecule has 1 aromatic carbocycles. The number of sulfone groups is 1. The van der Waals surface area contributed by atoms with Gasteiger partial charge in [-0.2, -0.15) is 0 Å². The summed E-state index contributed by atoms with van der Waals surface area (Å²) in [6.07, 6.45) is 3.11. The van der Waals surface area contributed by atoms with E-state index in [1.807, 2.05) is 0 Å². The number of benzene rings is 1. The second kappa shape index (κ2) is 6.70. The third-order valence-electron chi connectivity index (χ3n) is 4.66. The van der Waals surface area contributed by atoms with Crippen LogP contribution in [0.4, 0.5) is 4.39 Å². The maximum atomic E-state index is 13.0. The Morgan fingerprint density at radius 2 is 1.93 bits per heavy atom. The number of furan rings is 1. The van der Waals surface area contributed by atoms with Gasteiger partial charge in [0.15, 0.2) is 9.84 Å². The topological polar surface area (TPSA) is 83.4 Å². The smallest absolute Gasteiger partial charge is 0.270 e. The largest absolute Gasteiger partial charge is 0.468 e. The van der Waals surface area contributed by atoms with Crippen LogP contribution in [0, 0.1) is 5.82 Å². The lowest BCUT2D eigenvalue weighted by Gasteiger charge is -2.38. The zero-order chi connectivity index (χ0) is 19.0. The molecule has 4 rings (SSSR count). The van der Waals surface area contributed by atoms with Crippen LogP contribution in [0.5, 0.6) is 0 Å². The fraction of sp³-hybridized carbons (Fsp3) is 0.211. The quantitative estimate of drug-likeness (QED) is 0.729. The van der Waals surface area contributed by atoms with Gasteiger partial charge in [0.05, 0.1) is 11.5 Å². The Hall–Kier alpha value is -2.87. The highest BCUT2D eigenvalue weighted by Crippen LogP contribution is 2.25. The maximum absolute atomic E-state index is 13.0. The van der Waals surface area contributed by atoms with Gasteiger partial charge in [-0.1, -0.05) is 12.1 Å². The predicted octanol–water partition coefficient (Wildman–Crippen LogP) is 2.85. The van der Waals surface area contributed by atoms with E-state index in [1.54, 1.807) is 36.5 Å². The minimum atomic E-state index is -3.37. The summed E-state index contributed by atoms with van der Waals surface area (Å²) >= 11 is 0. The molecule has 0 saturated carbocycles. The summed E-state index contributed by atoms with van der Waals surface area (Å²) in [6.45, 7) is 0.319. The van der Waals surface area contributed by atoms with Crippen molar-refractivity contribution in [3.63, 3.8) is 0 Å². The van der Waals surface area contributed by atoms with Gasteiger partial charge in [0.2, 0.25) is 0 Å². The lowest BCUT2D eigenvalue weighted by molar-refractivity contribution is 0.0653. The van der Waals surface area contributed by atoms with Crippen molar-refractivity contribution in [3.05, 3.63) is 72.2 Å². The number of aromatic amines is 1. The molecule has 140 valence electrons. The number of hydrogen-bond acceptors (Lipinski definition) is 4. The summed E-state index contributed by atoms with van der Waals surface area (Å²) in [5.74, 6) is -0.349. The molecule has 1 aliphatic heterocycles. The van der Waals surface area contributed by atoms with E-state index in [9.17, 15) is 17.6 Å². The number of nitrogens with one attached hydrogen (secondary N) is 1. The molecule has 1 aliphatic rings. The van der Waals surface area contributed by atoms with E-state index in [0.29, 0.717) is 11.5 Å². The molecule has 6 nitrogen and oxygen atoms in total. The molecule has 27 heavy (non-hydrogen) atoms. The fourth-order valence-corrected chi connectivity index (χ4v) is 4.65. The summed E-state index contributed by atoms with van der Waals surface area (Å²) in [5.41, 5.74) is 1.92. The van der Waals surface area contributed by atoms with Crippen molar-refractivity contribution in [2.75, 3.05) is 13.1 Å². The number of nitrogens with zero attached hydrogens (tertiary/aromatic N) is 1. The molecule has 1 fully saturated rings. The highest BCUT2D eigenvalue weighted by atomic mass is 32.2. The standard InChI is InChI=1S/C19H17FN2O4S/c20-15-5-3-13(4-6-15)14-8-18(21-9-14)19(23)22-10-17(11-22)27(24,25)12-16-2-1-7-26-16/h1-9,17,21H,10-12H2. The van der Waals surface area contributed by atoms with E-state index >= 15 is 0 Å². The van der Waals surface area contributed by atoms with E-state index in [1.165, 1.54) is 23.3 Å². The van der Waals surface area contributed by atoms with E-state index < -0.39 is 15.1 Å². The zero-order valence-electron chi connectivity index (χ0n) is 14.3. The van der Waals surface area contributed by atoms with Crippen LogP contribution in [0.2, 0.25) is 0 Å². The summed E-state index contributed by atoms with van der Waals surface area (Å²) < 4.78 is 42.8. The molecule has 0 unspecified atom stereocenters. The molecule has 8 heteroatoms. The first-order valence-corrected chi connectivity index (χ1v) is 10.1. The van der Waals surface area contributed by atoms with Crippen molar-refractivity contribution in [1.82, 2.24) is 9.88 Å². The van der Waals surface area contributed by atoms with E-state index in [-0.39, 0.29) is 30.6 Å². The second-order valence-corrected chi connectivity index (χ2v) is 8.81. The Kier molecular flexibility index (Phi) is 4.35. The van der Waals surface area contributed by atoms with E-state index in [2.05, 4.69) is 4.98 Å². The minimum absolute atomic E-state index is 0.160. The average molecular weight is 388 g/mol. The highest BCUT2D eigenvalue weighted by Gasteiger charge is 2.40. The number of aromatic nitrogens is 1. The van der Waals surface area contributed by atoms with Crippen LogP contribution in [0.25, 0.3) is 11.1 Å². The molecule has 0 aliphatic carbocycles. The van der Waals surface area contributed by atoms with Gasteiger partial charge in [-0.25, -0.2) is 12.8 Å². The molecular formula is C19H17FN2O4S. The van der Waals surface area contributed by atoms with Gasteiger partial charge in [-0.15, -0.1) is 0 Å². The van der Waals surface area contributed by atoms with Crippen LogP contribution in [0.3, 0.4) is 0 Å². The molecular weight excluding hydrogens is 371 g/mol. The number of rotatable bonds is 5. The first kappa shape index (κ1) is 17.5. The van der Waals surface area contributed by atoms with E-state index in [4.69, 9.17) is 4.42 Å². The number of likely N-dealkylation sites (tertiary alicyclic amines) is 1. The van der Waals surface area contributed by atoms with Gasteiger partial charge in [-0.05, 0) is 41.5 Å². The fourth-order valence-electron chi connectivity index (χ4n) is 3.04. The monoisotopic (exact) mass is 388 g/mol. The summed E-state index contributed by atoms with van der Waals surface area (Å²) in [5, 5.41) is -0.585. The Labute approximate surface area is 155 Å². The van der Waals surface area contributed by atoms with Crippen LogP contribution in [-0.2, 0) is 15.6 Å². The molecule has 0 atom stereocenters. The van der Waals surface area contributed by atoms with Crippen LogP contribution >= 0.6 is 0 Å². The molecule has 1 amide bonds. The van der Waals surface area contributed by atoms with E-state index in [0.717, 1.165) is 11.1 Å². The third-order valence-corrected chi connectivity index (χ3v) is 6.66. The van der Waals surface area contributed by atoms with Gasteiger partial charge in [0.1, 0.15) is 23.0 Å². The first-order valence-electron chi connectivity index (χ1n) is 8.40. The van der Waals surface area contributed by atoms with Crippen molar-refractivity contribution in [2.45, 2.75) is 11.0 Å². The van der Waals surface area contributed by atoms with Gasteiger partial charge < -0.3 is 14.3 Å². The molecule has 0 radical (unpaired) electrons. The molecule has 0 bridgehead atoms. The van der Waals surface area contributed by atoms with Gasteiger partial charge >= 0.3 is 0 Å². The van der Waals surface area contributed by atoms with Crippen LogP contribution in [-0.4, -0.2) is 42.5 Å². The Balaban J connectivity index is 1.40. The maximum Gasteiger partial charge on any atom is 0.270 e. The van der Waals surface area contributed by atoms with Crippen molar-refractivity contribution >= 4 is 15.7 Å². The summed E-state index contributed by atoms with van der Waals surface area (Å²) in [6, 6.07) is 10.9. The van der Waals surface area contributed by atoms with Gasteiger partial charge in [0.25, 0.3) is 5.91 Å². The Morgan fingerprint density at radius 3 is 2.59 bits per heavy atom. The summed E-state index contributed by atoms with van der Waals surface area (Å²) in [7, 11) is -3.37. The van der Waals surface area contributed by atoms with Crippen LogP contribution in [0.1, 0.15) is 16.2 Å². The number of carbonyl (C=O) groups is 1. The SMILES string of the molecule is O=C(c1cc(-c2ccc(F)cc2)c[nH]1)N1CC(S(=O)(=O)Cc2ccco2)C1. The average Bonchev–Trinajstić information content (AvgIpc) is 3.25.